The summed E-state index contributed by atoms with van der Waals surface area (Å²) in [6, 6.07) is 27.1. The molecule has 8 heteroatoms. The van der Waals surface area contributed by atoms with Crippen LogP contribution in [0.25, 0.3) is 22.0 Å². The van der Waals surface area contributed by atoms with Crippen molar-refractivity contribution in [3.63, 3.8) is 0 Å². The number of hydrogen-bond acceptors (Lipinski definition) is 3. The number of halogens is 2. The van der Waals surface area contributed by atoms with Crippen LogP contribution in [-0.2, 0) is 6.54 Å². The number of aromatic nitrogens is 1. The molecule has 0 saturated heterocycles. The van der Waals surface area contributed by atoms with Crippen molar-refractivity contribution in [2.45, 2.75) is 26.5 Å². The Hall–Kier alpha value is -4.26. The molecule has 0 fully saturated rings. The molecule has 1 amide bonds. The smallest absolute Gasteiger partial charge is 0.354 e. The van der Waals surface area contributed by atoms with Crippen molar-refractivity contribution in [3.05, 3.63) is 118 Å². The van der Waals surface area contributed by atoms with Crippen molar-refractivity contribution < 1.29 is 19.4 Å². The van der Waals surface area contributed by atoms with Crippen molar-refractivity contribution in [1.29, 1.82) is 0 Å². The number of nitrogens with zero attached hydrogens (tertiary/aromatic N) is 1. The SMILES string of the molecule is CC(C)Oc1ccc(-c2ccc3c(NC(=O)c4ccc(Cl)cc4)c(C(=O)O)n(Cc4cccc(Cl)c4)c3c2)cc1. The second-order valence-electron chi connectivity index (χ2n) is 9.63. The fraction of sp³-hybridized carbons (Fsp3) is 0.125. The summed E-state index contributed by atoms with van der Waals surface area (Å²) in [6.07, 6.45) is 0.0629. The summed E-state index contributed by atoms with van der Waals surface area (Å²) >= 11 is 12.2. The molecule has 0 aliphatic heterocycles. The van der Waals surface area contributed by atoms with E-state index in [-0.39, 0.29) is 24.0 Å². The molecule has 0 saturated carbocycles. The second-order valence-corrected chi connectivity index (χ2v) is 10.5. The number of amides is 1. The maximum absolute atomic E-state index is 13.2. The molecular formula is C32H26Cl2N2O4. The Morgan fingerprint density at radius 1 is 0.875 bits per heavy atom. The lowest BCUT2D eigenvalue weighted by atomic mass is 10.0. The molecule has 4 aromatic carbocycles. The molecule has 1 heterocycles. The minimum absolute atomic E-state index is 0.0323. The zero-order valence-corrected chi connectivity index (χ0v) is 23.3. The predicted octanol–water partition coefficient (Wildman–Crippen LogP) is 8.40. The van der Waals surface area contributed by atoms with Gasteiger partial charge in [-0.2, -0.15) is 0 Å². The Morgan fingerprint density at radius 3 is 2.23 bits per heavy atom. The molecule has 0 aliphatic carbocycles. The van der Waals surface area contributed by atoms with Crippen LogP contribution in [0.3, 0.4) is 0 Å². The van der Waals surface area contributed by atoms with Gasteiger partial charge in [0.25, 0.3) is 5.91 Å². The number of hydrogen-bond donors (Lipinski definition) is 2. The number of carboxylic acids is 1. The topological polar surface area (TPSA) is 80.6 Å². The van der Waals surface area contributed by atoms with Gasteiger partial charge in [-0.15, -0.1) is 0 Å². The summed E-state index contributed by atoms with van der Waals surface area (Å²) in [6.45, 7) is 4.18. The van der Waals surface area contributed by atoms with Crippen LogP contribution in [0.1, 0.15) is 40.3 Å². The van der Waals surface area contributed by atoms with Crippen LogP contribution >= 0.6 is 23.2 Å². The highest BCUT2D eigenvalue weighted by Crippen LogP contribution is 2.36. The van der Waals surface area contributed by atoms with Gasteiger partial charge in [-0.3, -0.25) is 4.79 Å². The highest BCUT2D eigenvalue weighted by Gasteiger charge is 2.25. The van der Waals surface area contributed by atoms with Gasteiger partial charge >= 0.3 is 5.97 Å². The molecule has 1 aromatic heterocycles. The Kier molecular flexibility index (Phi) is 7.83. The van der Waals surface area contributed by atoms with E-state index < -0.39 is 11.9 Å². The van der Waals surface area contributed by atoms with Gasteiger partial charge < -0.3 is 19.7 Å². The van der Waals surface area contributed by atoms with E-state index >= 15 is 0 Å². The van der Waals surface area contributed by atoms with E-state index in [0.29, 0.717) is 26.5 Å². The molecule has 202 valence electrons. The van der Waals surface area contributed by atoms with Gasteiger partial charge in [0, 0.05) is 27.5 Å². The first-order chi connectivity index (χ1) is 19.2. The van der Waals surface area contributed by atoms with Gasteiger partial charge in [0.05, 0.1) is 17.3 Å². The van der Waals surface area contributed by atoms with Crippen molar-refractivity contribution in [3.8, 4) is 16.9 Å². The van der Waals surface area contributed by atoms with Crippen LogP contribution in [-0.4, -0.2) is 27.7 Å². The fourth-order valence-electron chi connectivity index (χ4n) is 4.65. The van der Waals surface area contributed by atoms with Crippen molar-refractivity contribution in [2.24, 2.45) is 0 Å². The minimum atomic E-state index is -1.17. The number of benzene rings is 4. The van der Waals surface area contributed by atoms with E-state index in [0.717, 1.165) is 22.4 Å². The average molecular weight is 573 g/mol. The number of nitrogens with one attached hydrogen (secondary N) is 1. The Bertz CT molecular complexity index is 1710. The molecule has 0 radical (unpaired) electrons. The van der Waals surface area contributed by atoms with Crippen molar-refractivity contribution >= 4 is 51.7 Å². The van der Waals surface area contributed by atoms with Crippen LogP contribution in [0.5, 0.6) is 5.75 Å². The molecule has 0 aliphatic rings. The maximum atomic E-state index is 13.2. The molecule has 0 atom stereocenters. The third-order valence-corrected chi connectivity index (χ3v) is 6.89. The number of carboxylic acid groups (broad SMARTS) is 1. The number of anilines is 1. The fourth-order valence-corrected chi connectivity index (χ4v) is 4.98. The summed E-state index contributed by atoms with van der Waals surface area (Å²) in [7, 11) is 0. The van der Waals surface area contributed by atoms with Crippen molar-refractivity contribution in [2.75, 3.05) is 5.32 Å². The van der Waals surface area contributed by atoms with Gasteiger partial charge in [-0.1, -0.05) is 59.6 Å². The summed E-state index contributed by atoms with van der Waals surface area (Å²) in [5.41, 5.74) is 3.86. The highest BCUT2D eigenvalue weighted by atomic mass is 35.5. The Balaban J connectivity index is 1.64. The third-order valence-electron chi connectivity index (χ3n) is 6.40. The first-order valence-corrected chi connectivity index (χ1v) is 13.4. The van der Waals surface area contributed by atoms with E-state index in [1.54, 1.807) is 41.0 Å². The lowest BCUT2D eigenvalue weighted by Crippen LogP contribution is -2.16. The van der Waals surface area contributed by atoms with E-state index in [1.165, 1.54) is 0 Å². The van der Waals surface area contributed by atoms with E-state index in [4.69, 9.17) is 27.9 Å². The number of rotatable bonds is 8. The van der Waals surface area contributed by atoms with Crippen LogP contribution < -0.4 is 10.1 Å². The van der Waals surface area contributed by atoms with E-state index in [9.17, 15) is 14.7 Å². The first kappa shape index (κ1) is 27.3. The molecular weight excluding hydrogens is 547 g/mol. The van der Waals surface area contributed by atoms with Crippen LogP contribution in [0.4, 0.5) is 5.69 Å². The largest absolute Gasteiger partial charge is 0.491 e. The quantitative estimate of drug-likeness (QED) is 0.195. The Morgan fingerprint density at radius 2 is 1.57 bits per heavy atom. The first-order valence-electron chi connectivity index (χ1n) is 12.7. The number of aromatic carboxylic acids is 1. The van der Waals surface area contributed by atoms with Gasteiger partial charge in [0.15, 0.2) is 5.69 Å². The summed E-state index contributed by atoms with van der Waals surface area (Å²) in [4.78, 5) is 25.8. The van der Waals surface area contributed by atoms with Gasteiger partial charge in [-0.25, -0.2) is 4.79 Å². The molecule has 2 N–H and O–H groups in total. The zero-order chi connectivity index (χ0) is 28.4. The number of carbonyl (C=O) groups excluding carboxylic acids is 1. The monoisotopic (exact) mass is 572 g/mol. The van der Waals surface area contributed by atoms with Gasteiger partial charge in [0.2, 0.25) is 0 Å². The lowest BCUT2D eigenvalue weighted by molar-refractivity contribution is 0.0687. The molecule has 5 rings (SSSR count). The Labute approximate surface area is 241 Å². The average Bonchev–Trinajstić information content (AvgIpc) is 3.21. The van der Waals surface area contributed by atoms with E-state index in [2.05, 4.69) is 5.32 Å². The van der Waals surface area contributed by atoms with Crippen LogP contribution in [0.15, 0.2) is 91.0 Å². The molecule has 5 aromatic rings. The van der Waals surface area contributed by atoms with E-state index in [1.807, 2.05) is 68.4 Å². The molecule has 40 heavy (non-hydrogen) atoms. The number of fused-ring (bicyclic) bond motifs is 1. The van der Waals surface area contributed by atoms with Crippen molar-refractivity contribution in [1.82, 2.24) is 4.57 Å². The second kappa shape index (κ2) is 11.5. The van der Waals surface area contributed by atoms with Gasteiger partial charge in [0.1, 0.15) is 5.75 Å². The molecule has 6 nitrogen and oxygen atoms in total. The highest BCUT2D eigenvalue weighted by molar-refractivity contribution is 6.31. The standard InChI is InChI=1S/C32H26Cl2N2O4/c1-19(2)40-26-13-8-21(9-14-26)23-10-15-27-28(17-23)36(18-20-4-3-5-25(34)16-20)30(32(38)39)29(27)35-31(37)22-6-11-24(33)12-7-22/h3-17,19H,18H2,1-2H3,(H,35,37)(H,38,39). The van der Waals surface area contributed by atoms with Crippen LogP contribution in [0, 0.1) is 0 Å². The summed E-state index contributed by atoms with van der Waals surface area (Å²) < 4.78 is 7.46. The zero-order valence-electron chi connectivity index (χ0n) is 21.8. The van der Waals surface area contributed by atoms with Crippen LogP contribution in [0.2, 0.25) is 10.0 Å². The lowest BCUT2D eigenvalue weighted by Gasteiger charge is -2.11. The molecule has 0 spiro atoms. The summed E-state index contributed by atoms with van der Waals surface area (Å²) in [5, 5.41) is 14.9. The van der Waals surface area contributed by atoms with Gasteiger partial charge in [-0.05, 0) is 85.1 Å². The third kappa shape index (κ3) is 5.83. The normalized spacial score (nSPS) is 11.1. The number of carbonyl (C=O) groups is 2. The maximum Gasteiger partial charge on any atom is 0.354 e. The summed E-state index contributed by atoms with van der Waals surface area (Å²) in [5.74, 6) is -0.836. The number of ether oxygens (including phenoxy) is 1. The predicted molar refractivity (Wildman–Crippen MR) is 160 cm³/mol. The minimum Gasteiger partial charge on any atom is -0.491 e. The molecule has 0 unspecified atom stereocenters. The molecule has 0 bridgehead atoms.